The van der Waals surface area contributed by atoms with Gasteiger partial charge in [0.15, 0.2) is 0 Å². The number of thiophene rings is 1. The lowest BCUT2D eigenvalue weighted by Gasteiger charge is -2.18. The second-order valence-corrected chi connectivity index (χ2v) is 5.70. The SMILES string of the molecule is COc1ccccc1CN(C)Cc1sccc1C#CCO. The number of aliphatic hydroxyl groups is 1. The molecule has 2 aromatic rings. The normalized spacial score (nSPS) is 10.3. The molecular weight excluding hydrogens is 282 g/mol. The Kier molecular flexibility index (Phi) is 5.82. The van der Waals surface area contributed by atoms with Gasteiger partial charge in [0.2, 0.25) is 0 Å². The fourth-order valence-corrected chi connectivity index (χ4v) is 3.04. The van der Waals surface area contributed by atoms with Gasteiger partial charge in [-0.05, 0) is 24.6 Å². The molecule has 0 fully saturated rings. The first kappa shape index (κ1) is 15.6. The molecule has 0 spiro atoms. The predicted molar refractivity (Wildman–Crippen MR) is 86.4 cm³/mol. The third kappa shape index (κ3) is 4.33. The third-order valence-corrected chi connectivity index (χ3v) is 4.00. The minimum absolute atomic E-state index is 0.105. The fraction of sp³-hybridized carbons (Fsp3) is 0.294. The van der Waals surface area contributed by atoms with Gasteiger partial charge in [0.05, 0.1) is 7.11 Å². The Morgan fingerprint density at radius 2 is 2.05 bits per heavy atom. The Labute approximate surface area is 129 Å². The molecule has 1 aromatic heterocycles. The van der Waals surface area contributed by atoms with E-state index in [1.165, 1.54) is 10.4 Å². The topological polar surface area (TPSA) is 32.7 Å². The monoisotopic (exact) mass is 301 g/mol. The summed E-state index contributed by atoms with van der Waals surface area (Å²) in [5.41, 5.74) is 2.17. The lowest BCUT2D eigenvalue weighted by molar-refractivity contribution is 0.312. The van der Waals surface area contributed by atoms with Crippen molar-refractivity contribution >= 4 is 11.3 Å². The Balaban J connectivity index is 2.05. The van der Waals surface area contributed by atoms with Gasteiger partial charge in [-0.3, -0.25) is 4.90 Å². The number of ether oxygens (including phenoxy) is 1. The molecule has 0 saturated carbocycles. The van der Waals surface area contributed by atoms with Gasteiger partial charge in [-0.15, -0.1) is 11.3 Å². The average molecular weight is 301 g/mol. The summed E-state index contributed by atoms with van der Waals surface area (Å²) in [4.78, 5) is 3.45. The second kappa shape index (κ2) is 7.84. The summed E-state index contributed by atoms with van der Waals surface area (Å²) in [5, 5.41) is 10.8. The van der Waals surface area contributed by atoms with Crippen molar-refractivity contribution in [1.29, 1.82) is 0 Å². The maximum atomic E-state index is 8.80. The van der Waals surface area contributed by atoms with E-state index in [2.05, 4.69) is 29.9 Å². The molecule has 0 aliphatic rings. The van der Waals surface area contributed by atoms with Crippen LogP contribution in [0.25, 0.3) is 0 Å². The van der Waals surface area contributed by atoms with Crippen molar-refractivity contribution < 1.29 is 9.84 Å². The van der Waals surface area contributed by atoms with Crippen LogP contribution in [0.4, 0.5) is 0 Å². The smallest absolute Gasteiger partial charge is 0.123 e. The number of hydrogen-bond acceptors (Lipinski definition) is 4. The van der Waals surface area contributed by atoms with Crippen LogP contribution in [0.2, 0.25) is 0 Å². The third-order valence-electron chi connectivity index (χ3n) is 3.09. The van der Waals surface area contributed by atoms with E-state index in [-0.39, 0.29) is 6.61 Å². The lowest BCUT2D eigenvalue weighted by atomic mass is 10.2. The molecule has 1 aromatic carbocycles. The van der Waals surface area contributed by atoms with E-state index in [4.69, 9.17) is 9.84 Å². The molecule has 0 aliphatic heterocycles. The highest BCUT2D eigenvalue weighted by Crippen LogP contribution is 2.22. The van der Waals surface area contributed by atoms with Gasteiger partial charge in [0.1, 0.15) is 12.4 Å². The maximum absolute atomic E-state index is 8.80. The zero-order valence-corrected chi connectivity index (χ0v) is 13.1. The Hall–Kier alpha value is -1.80. The Bertz CT molecular complexity index is 639. The summed E-state index contributed by atoms with van der Waals surface area (Å²) in [6.45, 7) is 1.53. The molecule has 0 unspecified atom stereocenters. The van der Waals surface area contributed by atoms with Gasteiger partial charge >= 0.3 is 0 Å². The van der Waals surface area contributed by atoms with Crippen LogP contribution in [0.1, 0.15) is 16.0 Å². The summed E-state index contributed by atoms with van der Waals surface area (Å²) in [6.07, 6.45) is 0. The van der Waals surface area contributed by atoms with Crippen LogP contribution in [0, 0.1) is 11.8 Å². The van der Waals surface area contributed by atoms with Crippen LogP contribution >= 0.6 is 11.3 Å². The molecule has 21 heavy (non-hydrogen) atoms. The van der Waals surface area contributed by atoms with E-state index in [0.717, 1.165) is 24.4 Å². The van der Waals surface area contributed by atoms with Gasteiger partial charge in [-0.25, -0.2) is 0 Å². The second-order valence-electron chi connectivity index (χ2n) is 4.70. The molecular formula is C17H19NO2S. The van der Waals surface area contributed by atoms with Crippen LogP contribution in [-0.2, 0) is 13.1 Å². The zero-order valence-electron chi connectivity index (χ0n) is 12.3. The van der Waals surface area contributed by atoms with Crippen LogP contribution < -0.4 is 4.74 Å². The van der Waals surface area contributed by atoms with Crippen molar-refractivity contribution in [1.82, 2.24) is 4.90 Å². The number of nitrogens with zero attached hydrogens (tertiary/aromatic N) is 1. The largest absolute Gasteiger partial charge is 0.496 e. The van der Waals surface area contributed by atoms with E-state index in [1.54, 1.807) is 18.4 Å². The first-order chi connectivity index (χ1) is 10.2. The van der Waals surface area contributed by atoms with Crippen LogP contribution in [-0.4, -0.2) is 30.8 Å². The van der Waals surface area contributed by atoms with E-state index in [1.807, 2.05) is 29.6 Å². The molecule has 110 valence electrons. The van der Waals surface area contributed by atoms with Crippen molar-refractivity contribution in [2.75, 3.05) is 20.8 Å². The predicted octanol–water partition coefficient (Wildman–Crippen LogP) is 2.73. The van der Waals surface area contributed by atoms with Crippen molar-refractivity contribution in [3.63, 3.8) is 0 Å². The summed E-state index contributed by atoms with van der Waals surface area (Å²) in [5.74, 6) is 6.61. The number of benzene rings is 1. The molecule has 1 heterocycles. The number of hydrogen-bond donors (Lipinski definition) is 1. The minimum atomic E-state index is -0.105. The number of aliphatic hydroxyl groups excluding tert-OH is 1. The van der Waals surface area contributed by atoms with Crippen molar-refractivity contribution in [2.45, 2.75) is 13.1 Å². The Morgan fingerprint density at radius 1 is 1.24 bits per heavy atom. The number of rotatable bonds is 5. The number of methoxy groups -OCH3 is 1. The molecule has 3 nitrogen and oxygen atoms in total. The van der Waals surface area contributed by atoms with Crippen LogP contribution in [0.5, 0.6) is 5.75 Å². The van der Waals surface area contributed by atoms with Gasteiger partial charge in [0, 0.05) is 29.1 Å². The van der Waals surface area contributed by atoms with Gasteiger partial charge in [-0.2, -0.15) is 0 Å². The highest BCUT2D eigenvalue weighted by molar-refractivity contribution is 7.10. The van der Waals surface area contributed by atoms with Crippen LogP contribution in [0.15, 0.2) is 35.7 Å². The summed E-state index contributed by atoms with van der Waals surface area (Å²) >= 11 is 1.69. The standard InChI is InChI=1S/C17H19NO2S/c1-18(12-15-6-3-4-8-16(15)20-2)13-17-14(7-5-10-19)9-11-21-17/h3-4,6,8-9,11,19H,10,12-13H2,1-2H3. The van der Waals surface area contributed by atoms with E-state index < -0.39 is 0 Å². The average Bonchev–Trinajstić information content (AvgIpc) is 2.92. The first-order valence-electron chi connectivity index (χ1n) is 6.71. The highest BCUT2D eigenvalue weighted by atomic mass is 32.1. The van der Waals surface area contributed by atoms with Crippen molar-refractivity contribution in [3.8, 4) is 17.6 Å². The van der Waals surface area contributed by atoms with Crippen LogP contribution in [0.3, 0.4) is 0 Å². The number of para-hydroxylation sites is 1. The maximum Gasteiger partial charge on any atom is 0.123 e. The molecule has 0 saturated heterocycles. The Morgan fingerprint density at radius 3 is 2.81 bits per heavy atom. The van der Waals surface area contributed by atoms with Gasteiger partial charge in [-0.1, -0.05) is 30.0 Å². The molecule has 2 rings (SSSR count). The first-order valence-corrected chi connectivity index (χ1v) is 7.59. The fourth-order valence-electron chi connectivity index (χ4n) is 2.13. The molecule has 4 heteroatoms. The highest BCUT2D eigenvalue weighted by Gasteiger charge is 2.09. The van der Waals surface area contributed by atoms with E-state index in [0.29, 0.717) is 0 Å². The zero-order chi connectivity index (χ0) is 15.1. The summed E-state index contributed by atoms with van der Waals surface area (Å²) in [6, 6.07) is 10.1. The molecule has 0 aliphatic carbocycles. The molecule has 0 amide bonds. The van der Waals surface area contributed by atoms with Gasteiger partial charge < -0.3 is 9.84 Å². The summed E-state index contributed by atoms with van der Waals surface area (Å²) < 4.78 is 5.38. The molecule has 1 N–H and O–H groups in total. The van der Waals surface area contributed by atoms with E-state index >= 15 is 0 Å². The van der Waals surface area contributed by atoms with E-state index in [9.17, 15) is 0 Å². The van der Waals surface area contributed by atoms with Crippen molar-refractivity contribution in [2.24, 2.45) is 0 Å². The minimum Gasteiger partial charge on any atom is -0.496 e. The molecule has 0 bridgehead atoms. The lowest BCUT2D eigenvalue weighted by Crippen LogP contribution is -2.17. The van der Waals surface area contributed by atoms with Gasteiger partial charge in [0.25, 0.3) is 0 Å². The summed E-state index contributed by atoms with van der Waals surface area (Å²) in [7, 11) is 3.77. The van der Waals surface area contributed by atoms with Crippen molar-refractivity contribution in [3.05, 3.63) is 51.7 Å². The molecule has 0 radical (unpaired) electrons. The molecule has 0 atom stereocenters. The quantitative estimate of drug-likeness (QED) is 0.862.